The van der Waals surface area contributed by atoms with E-state index >= 15 is 0 Å². The van der Waals surface area contributed by atoms with Gasteiger partial charge in [0.05, 0.1) is 0 Å². The van der Waals surface area contributed by atoms with Gasteiger partial charge in [-0.3, -0.25) is 9.59 Å². The van der Waals surface area contributed by atoms with Crippen LogP contribution in [-0.4, -0.2) is 45.9 Å². The quantitative estimate of drug-likeness (QED) is 0.426. The molecule has 19 heavy (non-hydrogen) atoms. The highest BCUT2D eigenvalue weighted by Crippen LogP contribution is 2.01. The van der Waals surface area contributed by atoms with Crippen LogP contribution in [-0.2, 0) is 19.2 Å². The van der Waals surface area contributed by atoms with Gasteiger partial charge in [-0.05, 0) is 19.8 Å². The summed E-state index contributed by atoms with van der Waals surface area (Å²) in [6.07, 6.45) is -0.217. The van der Waals surface area contributed by atoms with E-state index in [2.05, 4.69) is 5.32 Å². The zero-order chi connectivity index (χ0) is 15.0. The maximum absolute atomic E-state index is 11.4. The molecule has 1 amide bonds. The first-order valence-corrected chi connectivity index (χ1v) is 5.74. The second-order valence-electron chi connectivity index (χ2n) is 4.18. The lowest BCUT2D eigenvalue weighted by molar-refractivity contribution is -0.142. The lowest BCUT2D eigenvalue weighted by Crippen LogP contribution is -2.42. The summed E-state index contributed by atoms with van der Waals surface area (Å²) in [7, 11) is 0. The smallest absolute Gasteiger partial charge is 0.326 e. The van der Waals surface area contributed by atoms with Crippen LogP contribution in [0.1, 0.15) is 32.6 Å². The van der Waals surface area contributed by atoms with Crippen LogP contribution in [0.4, 0.5) is 0 Å². The van der Waals surface area contributed by atoms with Crippen molar-refractivity contribution in [1.29, 1.82) is 0 Å². The average Bonchev–Trinajstić information content (AvgIpc) is 2.30. The number of amides is 1. The highest BCUT2D eigenvalue weighted by atomic mass is 16.4. The van der Waals surface area contributed by atoms with E-state index in [4.69, 9.17) is 15.9 Å². The largest absolute Gasteiger partial charge is 0.480 e. The Morgan fingerprint density at radius 1 is 1.05 bits per heavy atom. The van der Waals surface area contributed by atoms with E-state index in [0.717, 1.165) is 0 Å². The number of hydrogen-bond acceptors (Lipinski definition) is 5. The third-order valence-electron chi connectivity index (χ3n) is 2.42. The highest BCUT2D eigenvalue weighted by Gasteiger charge is 2.21. The lowest BCUT2D eigenvalue weighted by Gasteiger charge is -2.14. The standard InChI is InChI=1S/C11H18N2O6/c1-6(14)2-4-8(11(18)19)13-9(15)5-3-7(12)10(16)17/h7-8H,2-5,12H2,1H3,(H,13,15)(H,16,17)(H,18,19)/t7-,8-/m0/s1. The molecule has 5 N–H and O–H groups in total. The molecule has 108 valence electrons. The number of carbonyl (C=O) groups is 4. The van der Waals surface area contributed by atoms with Gasteiger partial charge in [0, 0.05) is 12.8 Å². The number of Topliss-reactive ketones (excluding diaryl/α,β-unsaturated/α-hetero) is 1. The Hall–Kier alpha value is -1.96. The first-order valence-electron chi connectivity index (χ1n) is 5.74. The minimum Gasteiger partial charge on any atom is -0.480 e. The Kier molecular flexibility index (Phi) is 7.35. The number of rotatable bonds is 9. The molecule has 2 atom stereocenters. The normalized spacial score (nSPS) is 13.4. The van der Waals surface area contributed by atoms with E-state index in [0.29, 0.717) is 0 Å². The molecule has 0 saturated carbocycles. The van der Waals surface area contributed by atoms with Crippen LogP contribution in [0.3, 0.4) is 0 Å². The number of nitrogens with two attached hydrogens (primary N) is 1. The van der Waals surface area contributed by atoms with Crippen LogP contribution in [0.25, 0.3) is 0 Å². The van der Waals surface area contributed by atoms with Gasteiger partial charge in [-0.15, -0.1) is 0 Å². The zero-order valence-electron chi connectivity index (χ0n) is 10.6. The molecule has 0 aliphatic carbocycles. The molecule has 8 nitrogen and oxygen atoms in total. The van der Waals surface area contributed by atoms with Gasteiger partial charge >= 0.3 is 11.9 Å². The molecule has 0 aromatic rings. The number of ketones is 1. The molecule has 0 unspecified atom stereocenters. The third kappa shape index (κ3) is 7.87. The van der Waals surface area contributed by atoms with Crippen molar-refractivity contribution in [2.24, 2.45) is 5.73 Å². The molecule has 0 spiro atoms. The molecule has 0 aromatic carbocycles. The summed E-state index contributed by atoms with van der Waals surface area (Å²) in [5, 5.41) is 19.6. The molecule has 0 radical (unpaired) electrons. The summed E-state index contributed by atoms with van der Waals surface area (Å²) >= 11 is 0. The van der Waals surface area contributed by atoms with Crippen molar-refractivity contribution in [2.75, 3.05) is 0 Å². The molecule has 0 aliphatic rings. The van der Waals surface area contributed by atoms with Gasteiger partial charge in [-0.2, -0.15) is 0 Å². The van der Waals surface area contributed by atoms with E-state index in [-0.39, 0.29) is 31.5 Å². The zero-order valence-corrected chi connectivity index (χ0v) is 10.6. The number of carboxylic acid groups (broad SMARTS) is 2. The van der Waals surface area contributed by atoms with Crippen molar-refractivity contribution in [2.45, 2.75) is 44.7 Å². The summed E-state index contributed by atoms with van der Waals surface area (Å²) in [5.74, 6) is -3.24. The summed E-state index contributed by atoms with van der Waals surface area (Å²) in [6.45, 7) is 1.33. The number of carboxylic acids is 2. The van der Waals surface area contributed by atoms with Crippen LogP contribution in [0.2, 0.25) is 0 Å². The van der Waals surface area contributed by atoms with Crippen LogP contribution in [0.15, 0.2) is 0 Å². The second kappa shape index (κ2) is 8.20. The van der Waals surface area contributed by atoms with Crippen molar-refractivity contribution in [3.63, 3.8) is 0 Å². The molecule has 0 aromatic heterocycles. The minimum atomic E-state index is -1.24. The minimum absolute atomic E-state index is 0.00138. The van der Waals surface area contributed by atoms with Gasteiger partial charge in [0.2, 0.25) is 5.91 Å². The molecule has 8 heteroatoms. The Morgan fingerprint density at radius 2 is 1.63 bits per heavy atom. The van der Waals surface area contributed by atoms with Crippen molar-refractivity contribution in [3.8, 4) is 0 Å². The van der Waals surface area contributed by atoms with Crippen LogP contribution < -0.4 is 11.1 Å². The van der Waals surface area contributed by atoms with Gasteiger partial charge in [0.15, 0.2) is 0 Å². The van der Waals surface area contributed by atoms with Crippen molar-refractivity contribution in [3.05, 3.63) is 0 Å². The van der Waals surface area contributed by atoms with Gasteiger partial charge < -0.3 is 26.1 Å². The van der Waals surface area contributed by atoms with E-state index in [1.807, 2.05) is 0 Å². The fourth-order valence-corrected chi connectivity index (χ4v) is 1.28. The van der Waals surface area contributed by atoms with E-state index < -0.39 is 29.9 Å². The number of hydrogen-bond donors (Lipinski definition) is 4. The van der Waals surface area contributed by atoms with Gasteiger partial charge in [-0.25, -0.2) is 4.79 Å². The molecule has 0 aliphatic heterocycles. The SMILES string of the molecule is CC(=O)CC[C@H](NC(=O)CC[C@H](N)C(=O)O)C(=O)O. The Bertz CT molecular complexity index is 368. The maximum Gasteiger partial charge on any atom is 0.326 e. The van der Waals surface area contributed by atoms with E-state index in [1.54, 1.807) is 0 Å². The summed E-state index contributed by atoms with van der Waals surface area (Å²) in [6, 6.07) is -2.32. The predicted molar refractivity (Wildman–Crippen MR) is 64.3 cm³/mol. The molecule has 0 rings (SSSR count). The molecule has 0 heterocycles. The molecular weight excluding hydrogens is 256 g/mol. The fourth-order valence-electron chi connectivity index (χ4n) is 1.28. The van der Waals surface area contributed by atoms with E-state index in [1.165, 1.54) is 6.92 Å². The van der Waals surface area contributed by atoms with Gasteiger partial charge in [-0.1, -0.05) is 0 Å². The summed E-state index contributed by atoms with van der Waals surface area (Å²) in [5.41, 5.74) is 5.21. The fraction of sp³-hybridized carbons (Fsp3) is 0.636. The molecule has 0 bridgehead atoms. The maximum atomic E-state index is 11.4. The topological polar surface area (TPSA) is 147 Å². The average molecular weight is 274 g/mol. The summed E-state index contributed by atoms with van der Waals surface area (Å²) in [4.78, 5) is 43.5. The predicted octanol–water partition coefficient (Wildman–Crippen LogP) is -0.883. The summed E-state index contributed by atoms with van der Waals surface area (Å²) < 4.78 is 0. The van der Waals surface area contributed by atoms with Gasteiger partial charge in [0.1, 0.15) is 17.9 Å². The number of nitrogens with one attached hydrogen (secondary N) is 1. The Morgan fingerprint density at radius 3 is 2.05 bits per heavy atom. The van der Waals surface area contributed by atoms with Gasteiger partial charge in [0.25, 0.3) is 0 Å². The van der Waals surface area contributed by atoms with Crippen molar-refractivity contribution >= 4 is 23.6 Å². The van der Waals surface area contributed by atoms with Crippen LogP contribution in [0.5, 0.6) is 0 Å². The molecule has 0 fully saturated rings. The number of carbonyl (C=O) groups excluding carboxylic acids is 2. The lowest BCUT2D eigenvalue weighted by atomic mass is 10.1. The molecule has 0 saturated heterocycles. The Balaban J connectivity index is 4.20. The van der Waals surface area contributed by atoms with E-state index in [9.17, 15) is 19.2 Å². The van der Waals surface area contributed by atoms with Crippen LogP contribution >= 0.6 is 0 Å². The third-order valence-corrected chi connectivity index (χ3v) is 2.42. The first kappa shape index (κ1) is 17.0. The molecular formula is C11H18N2O6. The highest BCUT2D eigenvalue weighted by molar-refractivity contribution is 5.84. The monoisotopic (exact) mass is 274 g/mol. The van der Waals surface area contributed by atoms with Crippen molar-refractivity contribution in [1.82, 2.24) is 5.32 Å². The van der Waals surface area contributed by atoms with Crippen molar-refractivity contribution < 1.29 is 29.4 Å². The number of aliphatic carboxylic acids is 2. The Labute approximate surface area is 110 Å². The second-order valence-corrected chi connectivity index (χ2v) is 4.18. The first-order chi connectivity index (χ1) is 8.73. The van der Waals surface area contributed by atoms with Crippen LogP contribution in [0, 0.1) is 0 Å².